The average Bonchev–Trinajstić information content (AvgIpc) is 2.32. The van der Waals surface area contributed by atoms with Crippen molar-refractivity contribution < 1.29 is 9.18 Å². The summed E-state index contributed by atoms with van der Waals surface area (Å²) in [5, 5.41) is -0.297. The van der Waals surface area contributed by atoms with Gasteiger partial charge in [0.1, 0.15) is 10.8 Å². The predicted octanol–water partition coefficient (Wildman–Crippen LogP) is 3.81. The van der Waals surface area contributed by atoms with E-state index in [0.29, 0.717) is 0 Å². The lowest BCUT2D eigenvalue weighted by molar-refractivity contribution is 0.103. The van der Waals surface area contributed by atoms with Crippen LogP contribution in [0.25, 0.3) is 0 Å². The summed E-state index contributed by atoms with van der Waals surface area (Å²) in [5.41, 5.74) is -0.400. The molecule has 0 N–H and O–H groups in total. The van der Waals surface area contributed by atoms with Crippen molar-refractivity contribution in [2.75, 3.05) is 0 Å². The summed E-state index contributed by atoms with van der Waals surface area (Å²) < 4.78 is 13.7. The molecule has 0 aliphatic rings. The number of nitrogens with zero attached hydrogens (tertiary/aromatic N) is 2. The van der Waals surface area contributed by atoms with Gasteiger partial charge in [-0.25, -0.2) is 14.4 Å². The monoisotopic (exact) mass is 304 g/mol. The first-order valence-corrected chi connectivity index (χ1v) is 5.81. The summed E-state index contributed by atoms with van der Waals surface area (Å²) in [6.45, 7) is 0. The average molecular weight is 306 g/mol. The first-order valence-electron chi connectivity index (χ1n) is 4.67. The molecule has 0 saturated carbocycles. The van der Waals surface area contributed by atoms with Crippen LogP contribution in [0.1, 0.15) is 16.1 Å². The molecule has 2 rings (SSSR count). The Hall–Kier alpha value is -1.23. The van der Waals surface area contributed by atoms with Crippen LogP contribution in [0.5, 0.6) is 0 Å². The highest BCUT2D eigenvalue weighted by Gasteiger charge is 2.20. The third-order valence-electron chi connectivity index (χ3n) is 2.11. The first-order chi connectivity index (χ1) is 8.50. The summed E-state index contributed by atoms with van der Waals surface area (Å²) in [7, 11) is 0. The topological polar surface area (TPSA) is 42.9 Å². The van der Waals surface area contributed by atoms with Gasteiger partial charge in [-0.1, -0.05) is 40.9 Å². The molecule has 1 aromatic carbocycles. The second-order valence-corrected chi connectivity index (χ2v) is 4.42. The summed E-state index contributed by atoms with van der Waals surface area (Å²) in [4.78, 5) is 19.4. The van der Waals surface area contributed by atoms with Crippen LogP contribution >= 0.6 is 34.8 Å². The van der Waals surface area contributed by atoms with Crippen LogP contribution in [0.15, 0.2) is 24.4 Å². The Morgan fingerprint density at radius 2 is 1.94 bits per heavy atom. The molecule has 2 aromatic rings. The number of halogens is 4. The van der Waals surface area contributed by atoms with Crippen molar-refractivity contribution in [2.45, 2.75) is 0 Å². The Morgan fingerprint density at radius 1 is 1.22 bits per heavy atom. The van der Waals surface area contributed by atoms with Gasteiger partial charge in [0.05, 0.1) is 16.8 Å². The number of hydrogen-bond acceptors (Lipinski definition) is 3. The van der Waals surface area contributed by atoms with Gasteiger partial charge in [0.15, 0.2) is 11.0 Å². The molecule has 0 saturated heterocycles. The largest absolute Gasteiger partial charge is 0.287 e. The van der Waals surface area contributed by atoms with E-state index in [1.54, 1.807) is 0 Å². The fourth-order valence-electron chi connectivity index (χ4n) is 1.31. The van der Waals surface area contributed by atoms with E-state index in [-0.39, 0.29) is 26.6 Å². The number of benzene rings is 1. The van der Waals surface area contributed by atoms with Crippen LogP contribution < -0.4 is 0 Å². The van der Waals surface area contributed by atoms with E-state index in [2.05, 4.69) is 9.97 Å². The van der Waals surface area contributed by atoms with E-state index in [4.69, 9.17) is 34.8 Å². The van der Waals surface area contributed by atoms with Crippen LogP contribution in [0.3, 0.4) is 0 Å². The van der Waals surface area contributed by atoms with E-state index in [1.807, 2.05) is 0 Å². The molecular weight excluding hydrogens is 301 g/mol. The predicted molar refractivity (Wildman–Crippen MR) is 66.9 cm³/mol. The number of rotatable bonds is 2. The zero-order valence-corrected chi connectivity index (χ0v) is 10.9. The minimum Gasteiger partial charge on any atom is -0.287 e. The minimum absolute atomic E-state index is 0.0446. The zero-order chi connectivity index (χ0) is 13.3. The molecule has 0 bridgehead atoms. The lowest BCUT2D eigenvalue weighted by atomic mass is 10.1. The van der Waals surface area contributed by atoms with Gasteiger partial charge in [-0.2, -0.15) is 0 Å². The molecule has 3 nitrogen and oxygen atoms in total. The van der Waals surface area contributed by atoms with Crippen LogP contribution in [-0.2, 0) is 0 Å². The summed E-state index contributed by atoms with van der Waals surface area (Å²) in [6.07, 6.45) is 1.16. The Kier molecular flexibility index (Phi) is 3.80. The van der Waals surface area contributed by atoms with Gasteiger partial charge >= 0.3 is 0 Å². The lowest BCUT2D eigenvalue weighted by Crippen LogP contribution is -2.08. The molecule has 92 valence electrons. The van der Waals surface area contributed by atoms with Gasteiger partial charge < -0.3 is 0 Å². The fourth-order valence-corrected chi connectivity index (χ4v) is 1.88. The summed E-state index contributed by atoms with van der Waals surface area (Å²) in [5.74, 6) is -1.53. The smallest absolute Gasteiger partial charge is 0.217 e. The van der Waals surface area contributed by atoms with E-state index in [9.17, 15) is 9.18 Å². The molecule has 0 aliphatic carbocycles. The molecule has 0 radical (unpaired) electrons. The van der Waals surface area contributed by atoms with E-state index >= 15 is 0 Å². The van der Waals surface area contributed by atoms with Crippen LogP contribution in [0.4, 0.5) is 4.39 Å². The summed E-state index contributed by atoms with van der Waals surface area (Å²) in [6, 6.07) is 4.08. The van der Waals surface area contributed by atoms with Gasteiger partial charge in [0, 0.05) is 0 Å². The second-order valence-electron chi connectivity index (χ2n) is 3.26. The van der Waals surface area contributed by atoms with Gasteiger partial charge in [0.2, 0.25) is 5.78 Å². The molecule has 1 heterocycles. The van der Waals surface area contributed by atoms with E-state index in [1.165, 1.54) is 18.2 Å². The van der Waals surface area contributed by atoms with Crippen molar-refractivity contribution in [2.24, 2.45) is 0 Å². The number of aromatic nitrogens is 2. The van der Waals surface area contributed by atoms with Crippen LogP contribution in [0, 0.1) is 5.82 Å². The van der Waals surface area contributed by atoms with Gasteiger partial charge in [-0.15, -0.1) is 0 Å². The van der Waals surface area contributed by atoms with Crippen molar-refractivity contribution in [3.8, 4) is 0 Å². The lowest BCUT2D eigenvalue weighted by Gasteiger charge is -2.04. The standard InChI is InChI=1S/C11H4Cl3FN2O/c12-6-3-1-2-5(8(6)15)10(18)9-11(14)17-7(13)4-16-9/h1-4H. The minimum atomic E-state index is -0.822. The Bertz CT molecular complexity index is 634. The van der Waals surface area contributed by atoms with E-state index < -0.39 is 11.6 Å². The fraction of sp³-hybridized carbons (Fsp3) is 0. The van der Waals surface area contributed by atoms with Crippen molar-refractivity contribution in [3.63, 3.8) is 0 Å². The molecule has 7 heteroatoms. The van der Waals surface area contributed by atoms with Crippen LogP contribution in [0.2, 0.25) is 15.3 Å². The highest BCUT2D eigenvalue weighted by molar-refractivity contribution is 6.35. The first kappa shape index (κ1) is 13.2. The molecule has 18 heavy (non-hydrogen) atoms. The molecule has 0 amide bonds. The third-order valence-corrected chi connectivity index (χ3v) is 2.85. The Morgan fingerprint density at radius 3 is 2.61 bits per heavy atom. The molecule has 0 unspecified atom stereocenters. The third kappa shape index (κ3) is 2.46. The van der Waals surface area contributed by atoms with Crippen molar-refractivity contribution in [3.05, 3.63) is 56.8 Å². The highest BCUT2D eigenvalue weighted by atomic mass is 35.5. The molecule has 0 spiro atoms. The van der Waals surface area contributed by atoms with Gasteiger partial charge in [-0.05, 0) is 12.1 Å². The number of carbonyl (C=O) groups excluding carboxylic acids is 1. The zero-order valence-electron chi connectivity index (χ0n) is 8.62. The quantitative estimate of drug-likeness (QED) is 0.792. The van der Waals surface area contributed by atoms with Crippen LogP contribution in [-0.4, -0.2) is 15.8 Å². The molecule has 1 aromatic heterocycles. The number of hydrogen-bond donors (Lipinski definition) is 0. The second kappa shape index (κ2) is 5.18. The Balaban J connectivity index is 2.51. The maximum atomic E-state index is 13.7. The van der Waals surface area contributed by atoms with Gasteiger partial charge in [-0.3, -0.25) is 4.79 Å². The maximum absolute atomic E-state index is 13.7. The molecule has 0 aliphatic heterocycles. The van der Waals surface area contributed by atoms with Crippen molar-refractivity contribution in [1.29, 1.82) is 0 Å². The van der Waals surface area contributed by atoms with Crippen molar-refractivity contribution >= 4 is 40.6 Å². The van der Waals surface area contributed by atoms with Crippen molar-refractivity contribution in [1.82, 2.24) is 9.97 Å². The molecular formula is C11H4Cl3FN2O. The van der Waals surface area contributed by atoms with Gasteiger partial charge in [0.25, 0.3) is 0 Å². The van der Waals surface area contributed by atoms with E-state index in [0.717, 1.165) is 6.20 Å². The molecule has 0 atom stereocenters. The molecule has 0 fully saturated rings. The number of ketones is 1. The SMILES string of the molecule is O=C(c1cccc(Cl)c1F)c1ncc(Cl)nc1Cl. The normalized spacial score (nSPS) is 10.4. The maximum Gasteiger partial charge on any atom is 0.217 e. The highest BCUT2D eigenvalue weighted by Crippen LogP contribution is 2.22. The summed E-state index contributed by atoms with van der Waals surface area (Å²) >= 11 is 16.9. The number of carbonyl (C=O) groups is 1. The Labute approximate surface area is 117 Å².